The van der Waals surface area contributed by atoms with E-state index >= 15 is 0 Å². The van der Waals surface area contributed by atoms with Crippen molar-refractivity contribution in [3.05, 3.63) is 98.0 Å². The van der Waals surface area contributed by atoms with Crippen molar-refractivity contribution in [3.63, 3.8) is 0 Å². The minimum absolute atomic E-state index is 0.0369. The lowest BCUT2D eigenvalue weighted by molar-refractivity contribution is -0.384. The Kier molecular flexibility index (Phi) is 5.77. The predicted molar refractivity (Wildman–Crippen MR) is 126 cm³/mol. The first-order valence-electron chi connectivity index (χ1n) is 11.3. The molecule has 5 rings (SSSR count). The molecule has 2 aliphatic rings. The molecule has 36 heavy (non-hydrogen) atoms. The zero-order chi connectivity index (χ0) is 25.6. The molecular weight excluding hydrogens is 477 g/mol. The zero-order valence-electron chi connectivity index (χ0n) is 18.9. The number of hydrogen-bond acceptors (Lipinski definition) is 5. The molecule has 2 unspecified atom stereocenters. The van der Waals surface area contributed by atoms with Gasteiger partial charge in [0.05, 0.1) is 10.5 Å². The fourth-order valence-electron chi connectivity index (χ4n) is 5.15. The summed E-state index contributed by atoms with van der Waals surface area (Å²) in [4.78, 5) is 38.2. The van der Waals surface area contributed by atoms with Crippen molar-refractivity contribution in [3.8, 4) is 0 Å². The Labute approximate surface area is 203 Å². The molecule has 2 aliphatic heterocycles. The highest BCUT2D eigenvalue weighted by Gasteiger charge is 2.36. The summed E-state index contributed by atoms with van der Waals surface area (Å²) in [6.45, 7) is 1.54. The third-order valence-corrected chi connectivity index (χ3v) is 6.70. The Morgan fingerprint density at radius 2 is 1.81 bits per heavy atom. The lowest BCUT2D eigenvalue weighted by Gasteiger charge is -2.43. The summed E-state index contributed by atoms with van der Waals surface area (Å²) >= 11 is 0. The Hall–Kier alpha value is -4.15. The molecule has 1 saturated heterocycles. The van der Waals surface area contributed by atoms with Gasteiger partial charge in [-0.3, -0.25) is 19.7 Å². The number of amides is 1. The molecule has 2 bridgehead atoms. The van der Waals surface area contributed by atoms with Crippen LogP contribution in [-0.2, 0) is 12.7 Å². The molecule has 3 aromatic rings. The van der Waals surface area contributed by atoms with Crippen molar-refractivity contribution in [2.24, 2.45) is 5.92 Å². The Bertz CT molecular complexity index is 1420. The van der Waals surface area contributed by atoms with Crippen molar-refractivity contribution in [2.75, 3.05) is 23.3 Å². The minimum atomic E-state index is -4.57. The summed E-state index contributed by atoms with van der Waals surface area (Å²) < 4.78 is 40.7. The SMILES string of the molecule is O=C(Nc1cccc(C(F)(F)F)c1)c1ccc(N2CC3CC(C2)c2cccc(=O)n2C3)c([N+](=O)[O-])c1. The number of alkyl halides is 3. The quantitative estimate of drug-likeness (QED) is 0.417. The van der Waals surface area contributed by atoms with Crippen LogP contribution in [0, 0.1) is 16.0 Å². The molecule has 0 radical (unpaired) electrons. The van der Waals surface area contributed by atoms with Crippen molar-refractivity contribution >= 4 is 23.0 Å². The molecule has 8 nitrogen and oxygen atoms in total. The van der Waals surface area contributed by atoms with Gasteiger partial charge in [0.25, 0.3) is 17.2 Å². The summed E-state index contributed by atoms with van der Waals surface area (Å²) in [5.41, 5.74) is -0.0903. The van der Waals surface area contributed by atoms with Crippen LogP contribution < -0.4 is 15.8 Å². The Morgan fingerprint density at radius 1 is 1.03 bits per heavy atom. The van der Waals surface area contributed by atoms with Crippen molar-refractivity contribution in [1.29, 1.82) is 0 Å². The normalized spacial score (nSPS) is 18.9. The van der Waals surface area contributed by atoms with Crippen LogP contribution in [-0.4, -0.2) is 28.5 Å². The smallest absolute Gasteiger partial charge is 0.365 e. The molecule has 0 spiro atoms. The molecule has 11 heteroatoms. The van der Waals surface area contributed by atoms with E-state index in [-0.39, 0.29) is 34.3 Å². The number of benzene rings is 2. The van der Waals surface area contributed by atoms with Crippen molar-refractivity contribution < 1.29 is 22.9 Å². The lowest BCUT2D eigenvalue weighted by Crippen LogP contribution is -2.47. The number of hydrogen-bond donors (Lipinski definition) is 1. The standard InChI is InChI=1S/C25H21F3N4O4/c26-25(27,28)18-3-1-4-19(11-18)29-24(34)16-7-8-21(22(10-16)32(35)36)30-12-15-9-17(14-30)20-5-2-6-23(33)31(20)13-15/h1-8,10-11,15,17H,9,12-14H2,(H,29,34). The summed E-state index contributed by atoms with van der Waals surface area (Å²) in [7, 11) is 0. The second-order valence-electron chi connectivity index (χ2n) is 9.10. The van der Waals surface area contributed by atoms with Crippen LogP contribution >= 0.6 is 0 Å². The van der Waals surface area contributed by atoms with Crippen LogP contribution in [0.2, 0.25) is 0 Å². The molecule has 0 aliphatic carbocycles. The van der Waals surface area contributed by atoms with Gasteiger partial charge in [-0.05, 0) is 48.7 Å². The molecule has 2 aromatic carbocycles. The maximum Gasteiger partial charge on any atom is 0.416 e. The Balaban J connectivity index is 1.40. The highest BCUT2D eigenvalue weighted by atomic mass is 19.4. The topological polar surface area (TPSA) is 97.5 Å². The number of aromatic nitrogens is 1. The van der Waals surface area contributed by atoms with Crippen LogP contribution in [0.1, 0.15) is 34.0 Å². The van der Waals surface area contributed by atoms with Crippen molar-refractivity contribution in [2.45, 2.75) is 25.1 Å². The van der Waals surface area contributed by atoms with Gasteiger partial charge in [0.15, 0.2) is 0 Å². The average Bonchev–Trinajstić information content (AvgIpc) is 2.84. The molecule has 186 valence electrons. The predicted octanol–water partition coefficient (Wildman–Crippen LogP) is 4.65. The third-order valence-electron chi connectivity index (χ3n) is 6.70. The van der Waals surface area contributed by atoms with Gasteiger partial charge >= 0.3 is 6.18 Å². The van der Waals surface area contributed by atoms with Gasteiger partial charge in [-0.25, -0.2) is 0 Å². The molecular formula is C25H21F3N4O4. The van der Waals surface area contributed by atoms with E-state index in [2.05, 4.69) is 5.32 Å². The number of carbonyl (C=O) groups excluding carboxylic acids is 1. The number of pyridine rings is 1. The van der Waals surface area contributed by atoms with E-state index in [0.29, 0.717) is 25.3 Å². The summed E-state index contributed by atoms with van der Waals surface area (Å²) in [6, 6.07) is 13.4. The number of nitro groups is 1. The minimum Gasteiger partial charge on any atom is -0.365 e. The molecule has 1 N–H and O–H groups in total. The van der Waals surface area contributed by atoms with Crippen LogP contribution in [0.15, 0.2) is 65.5 Å². The van der Waals surface area contributed by atoms with E-state index in [0.717, 1.165) is 30.3 Å². The van der Waals surface area contributed by atoms with E-state index in [9.17, 15) is 32.9 Å². The molecule has 2 atom stereocenters. The van der Waals surface area contributed by atoms with E-state index in [4.69, 9.17) is 0 Å². The number of rotatable bonds is 4. The second kappa shape index (κ2) is 8.81. The molecule has 1 aromatic heterocycles. The van der Waals surface area contributed by atoms with Gasteiger partial charge in [0, 0.05) is 54.6 Å². The number of carbonyl (C=O) groups is 1. The van der Waals surface area contributed by atoms with Gasteiger partial charge in [-0.2, -0.15) is 13.2 Å². The lowest BCUT2D eigenvalue weighted by atomic mass is 9.83. The molecule has 1 fully saturated rings. The fraction of sp³-hybridized carbons (Fsp3) is 0.280. The van der Waals surface area contributed by atoms with E-state index < -0.39 is 22.6 Å². The number of piperidine rings is 1. The van der Waals surface area contributed by atoms with Gasteiger partial charge in [0.2, 0.25) is 0 Å². The maximum absolute atomic E-state index is 13.0. The highest BCUT2D eigenvalue weighted by molar-refractivity contribution is 6.05. The first kappa shape index (κ1) is 23.6. The number of anilines is 2. The monoisotopic (exact) mass is 498 g/mol. The largest absolute Gasteiger partial charge is 0.416 e. The number of fused-ring (bicyclic) bond motifs is 4. The number of nitrogens with one attached hydrogen (secondary N) is 1. The maximum atomic E-state index is 13.0. The Morgan fingerprint density at radius 3 is 2.56 bits per heavy atom. The number of nitro benzene ring substituents is 1. The van der Waals surface area contributed by atoms with E-state index in [1.807, 2.05) is 11.0 Å². The highest BCUT2D eigenvalue weighted by Crippen LogP contribution is 2.40. The molecule has 0 saturated carbocycles. The summed E-state index contributed by atoms with van der Waals surface area (Å²) in [5, 5.41) is 14.3. The van der Waals surface area contributed by atoms with Gasteiger partial charge in [0.1, 0.15) is 5.69 Å². The summed E-state index contributed by atoms with van der Waals surface area (Å²) in [5.74, 6) is -0.581. The fourth-order valence-corrected chi connectivity index (χ4v) is 5.15. The van der Waals surface area contributed by atoms with Crippen LogP contribution in [0.4, 0.5) is 30.2 Å². The average molecular weight is 498 g/mol. The van der Waals surface area contributed by atoms with Gasteiger partial charge in [-0.15, -0.1) is 0 Å². The number of halogens is 3. The van der Waals surface area contributed by atoms with Crippen molar-refractivity contribution in [1.82, 2.24) is 4.57 Å². The molecule has 3 heterocycles. The second-order valence-corrected chi connectivity index (χ2v) is 9.10. The third kappa shape index (κ3) is 4.43. The first-order valence-corrected chi connectivity index (χ1v) is 11.3. The van der Waals surface area contributed by atoms with Crippen LogP contribution in [0.5, 0.6) is 0 Å². The van der Waals surface area contributed by atoms with Gasteiger partial charge in [-0.1, -0.05) is 12.1 Å². The molecule has 1 amide bonds. The van der Waals surface area contributed by atoms with E-state index in [1.54, 1.807) is 10.6 Å². The summed E-state index contributed by atoms with van der Waals surface area (Å²) in [6.07, 6.45) is -3.69. The van der Waals surface area contributed by atoms with Gasteiger partial charge < -0.3 is 14.8 Å². The van der Waals surface area contributed by atoms with Crippen LogP contribution in [0.3, 0.4) is 0 Å². The first-order chi connectivity index (χ1) is 17.1. The number of nitrogens with zero attached hydrogens (tertiary/aromatic N) is 3. The van der Waals surface area contributed by atoms with Crippen LogP contribution in [0.25, 0.3) is 0 Å². The van der Waals surface area contributed by atoms with E-state index in [1.165, 1.54) is 30.3 Å². The zero-order valence-corrected chi connectivity index (χ0v) is 18.9.